The first kappa shape index (κ1) is 20.2. The van der Waals surface area contributed by atoms with E-state index < -0.39 is 29.0 Å². The number of aliphatic carboxylic acids is 1. The number of carbonyl (C=O) groups excluding carboxylic acids is 1. The van der Waals surface area contributed by atoms with Crippen LogP contribution in [0.1, 0.15) is 29.8 Å². The summed E-state index contributed by atoms with van der Waals surface area (Å²) in [4.78, 5) is 26.7. The van der Waals surface area contributed by atoms with Crippen molar-refractivity contribution in [2.75, 3.05) is 6.54 Å². The molecule has 0 bridgehead atoms. The van der Waals surface area contributed by atoms with Gasteiger partial charge in [0.1, 0.15) is 5.75 Å². The van der Waals surface area contributed by atoms with Crippen molar-refractivity contribution in [3.8, 4) is 11.6 Å². The zero-order chi connectivity index (χ0) is 20.2. The van der Waals surface area contributed by atoms with Crippen molar-refractivity contribution in [2.24, 2.45) is 5.41 Å². The number of carboxylic acid groups (broad SMARTS) is 1. The zero-order valence-electron chi connectivity index (χ0n) is 14.5. The molecule has 0 aliphatic heterocycles. The summed E-state index contributed by atoms with van der Waals surface area (Å²) in [7, 11) is 0. The molecule has 27 heavy (non-hydrogen) atoms. The number of amides is 1. The third-order valence-electron chi connectivity index (χ3n) is 3.67. The Morgan fingerprint density at radius 3 is 2.22 bits per heavy atom. The minimum Gasteiger partial charge on any atom is -0.481 e. The summed E-state index contributed by atoms with van der Waals surface area (Å²) < 4.78 is 42.8. The topological polar surface area (TPSA) is 88.5 Å². The summed E-state index contributed by atoms with van der Waals surface area (Å²) in [6, 6.07) is 7.75. The van der Waals surface area contributed by atoms with Crippen molar-refractivity contribution >= 4 is 11.9 Å². The summed E-state index contributed by atoms with van der Waals surface area (Å²) in [5.74, 6) is -1.23. The van der Waals surface area contributed by atoms with Gasteiger partial charge in [-0.3, -0.25) is 9.59 Å². The van der Waals surface area contributed by atoms with Crippen molar-refractivity contribution < 1.29 is 32.6 Å². The molecule has 0 saturated carbocycles. The molecule has 0 saturated heterocycles. The molecule has 2 rings (SSSR count). The molecule has 1 amide bonds. The van der Waals surface area contributed by atoms with E-state index in [2.05, 4.69) is 10.3 Å². The predicted octanol–water partition coefficient (Wildman–Crippen LogP) is 3.73. The Hall–Kier alpha value is -3.10. The van der Waals surface area contributed by atoms with E-state index in [-0.39, 0.29) is 23.7 Å². The maximum atomic E-state index is 12.5. The highest BCUT2D eigenvalue weighted by Crippen LogP contribution is 2.30. The van der Waals surface area contributed by atoms with Crippen LogP contribution in [0.4, 0.5) is 13.2 Å². The molecule has 0 spiro atoms. The second-order valence-electron chi connectivity index (χ2n) is 6.38. The maximum absolute atomic E-state index is 12.5. The highest BCUT2D eigenvalue weighted by molar-refractivity contribution is 5.94. The Balaban J connectivity index is 1.98. The van der Waals surface area contributed by atoms with Gasteiger partial charge in [0, 0.05) is 24.4 Å². The van der Waals surface area contributed by atoms with Gasteiger partial charge in [-0.2, -0.15) is 13.2 Å². The molecule has 2 aromatic rings. The Kier molecular flexibility index (Phi) is 5.72. The first-order chi connectivity index (χ1) is 12.5. The smallest absolute Gasteiger partial charge is 0.417 e. The lowest BCUT2D eigenvalue weighted by atomic mass is 9.94. The standard InChI is InChI=1S/C18H17F3N2O4/c1-17(2,16(25)26)10-23-15(24)11-3-6-13(7-4-11)27-14-8-5-12(9-22-14)18(19,20)21/h3-9H,10H2,1-2H3,(H,23,24)(H,25,26). The molecule has 0 aliphatic rings. The number of hydrogen-bond acceptors (Lipinski definition) is 4. The van der Waals surface area contributed by atoms with Gasteiger partial charge in [-0.15, -0.1) is 0 Å². The number of hydrogen-bond donors (Lipinski definition) is 2. The fourth-order valence-corrected chi connectivity index (χ4v) is 1.88. The molecule has 2 N–H and O–H groups in total. The minimum absolute atomic E-state index is 0.0246. The molecule has 144 valence electrons. The number of carbonyl (C=O) groups is 2. The molecule has 0 unspecified atom stereocenters. The zero-order valence-corrected chi connectivity index (χ0v) is 14.5. The van der Waals surface area contributed by atoms with E-state index in [4.69, 9.17) is 9.84 Å². The van der Waals surface area contributed by atoms with Crippen molar-refractivity contribution in [1.29, 1.82) is 0 Å². The van der Waals surface area contributed by atoms with Crippen LogP contribution in [0, 0.1) is 5.41 Å². The van der Waals surface area contributed by atoms with Crippen LogP contribution >= 0.6 is 0 Å². The van der Waals surface area contributed by atoms with Crippen molar-refractivity contribution in [1.82, 2.24) is 10.3 Å². The van der Waals surface area contributed by atoms with Gasteiger partial charge in [-0.1, -0.05) is 0 Å². The van der Waals surface area contributed by atoms with Gasteiger partial charge in [0.2, 0.25) is 5.88 Å². The Morgan fingerprint density at radius 2 is 1.74 bits per heavy atom. The largest absolute Gasteiger partial charge is 0.481 e. The van der Waals surface area contributed by atoms with Crippen LogP contribution in [0.5, 0.6) is 11.6 Å². The molecular formula is C18H17F3N2O4. The monoisotopic (exact) mass is 382 g/mol. The summed E-state index contributed by atoms with van der Waals surface area (Å²) in [6.45, 7) is 2.93. The number of halogens is 3. The molecule has 0 fully saturated rings. The fourth-order valence-electron chi connectivity index (χ4n) is 1.88. The lowest BCUT2D eigenvalue weighted by Gasteiger charge is -2.19. The maximum Gasteiger partial charge on any atom is 0.417 e. The number of nitrogens with one attached hydrogen (secondary N) is 1. The van der Waals surface area contributed by atoms with Crippen LogP contribution in [0.2, 0.25) is 0 Å². The van der Waals surface area contributed by atoms with Crippen LogP contribution < -0.4 is 10.1 Å². The number of nitrogens with zero attached hydrogens (tertiary/aromatic N) is 1. The molecule has 0 atom stereocenters. The minimum atomic E-state index is -4.48. The Morgan fingerprint density at radius 1 is 1.11 bits per heavy atom. The molecule has 6 nitrogen and oxygen atoms in total. The van der Waals surface area contributed by atoms with E-state index in [1.165, 1.54) is 38.1 Å². The Labute approximate surface area is 153 Å². The summed E-state index contributed by atoms with van der Waals surface area (Å²) in [6.07, 6.45) is -3.81. The van der Waals surface area contributed by atoms with Crippen molar-refractivity contribution in [2.45, 2.75) is 20.0 Å². The number of rotatable bonds is 6. The SMILES string of the molecule is CC(C)(CNC(=O)c1ccc(Oc2ccc(C(F)(F)F)cn2)cc1)C(=O)O. The van der Waals surface area contributed by atoms with Crippen LogP contribution in [0.25, 0.3) is 0 Å². The number of pyridine rings is 1. The summed E-state index contributed by atoms with van der Waals surface area (Å²) >= 11 is 0. The molecule has 9 heteroatoms. The van der Waals surface area contributed by atoms with Crippen molar-refractivity contribution in [3.05, 3.63) is 53.7 Å². The van der Waals surface area contributed by atoms with E-state index in [1.807, 2.05) is 0 Å². The van der Waals surface area contributed by atoms with Gasteiger partial charge >= 0.3 is 12.1 Å². The van der Waals surface area contributed by atoms with Crippen LogP contribution in [-0.2, 0) is 11.0 Å². The summed E-state index contributed by atoms with van der Waals surface area (Å²) in [5.41, 5.74) is -1.71. The van der Waals surface area contributed by atoms with Crippen LogP contribution in [0.15, 0.2) is 42.6 Å². The Bertz CT molecular complexity index is 816. The normalized spacial score (nSPS) is 11.7. The van der Waals surface area contributed by atoms with E-state index in [0.29, 0.717) is 6.20 Å². The number of ether oxygens (including phenoxy) is 1. The first-order valence-corrected chi connectivity index (χ1v) is 7.82. The lowest BCUT2D eigenvalue weighted by Crippen LogP contribution is -2.38. The van der Waals surface area contributed by atoms with Gasteiger partial charge in [0.25, 0.3) is 5.91 Å². The second-order valence-corrected chi connectivity index (χ2v) is 6.38. The van der Waals surface area contributed by atoms with Crippen LogP contribution in [0.3, 0.4) is 0 Å². The average molecular weight is 382 g/mol. The molecule has 0 radical (unpaired) electrons. The van der Waals surface area contributed by atoms with E-state index in [0.717, 1.165) is 12.1 Å². The lowest BCUT2D eigenvalue weighted by molar-refractivity contribution is -0.146. The molecule has 1 aromatic carbocycles. The third kappa shape index (κ3) is 5.44. The van der Waals surface area contributed by atoms with E-state index in [1.54, 1.807) is 0 Å². The summed E-state index contributed by atoms with van der Waals surface area (Å²) in [5, 5.41) is 11.6. The second kappa shape index (κ2) is 7.65. The number of alkyl halides is 3. The quantitative estimate of drug-likeness (QED) is 0.795. The number of benzene rings is 1. The highest BCUT2D eigenvalue weighted by Gasteiger charge is 2.30. The average Bonchev–Trinajstić information content (AvgIpc) is 2.60. The number of aromatic nitrogens is 1. The molecule has 0 aliphatic carbocycles. The molecule has 1 heterocycles. The van der Waals surface area contributed by atoms with Gasteiger partial charge in [-0.25, -0.2) is 4.98 Å². The van der Waals surface area contributed by atoms with Gasteiger partial charge in [0.05, 0.1) is 11.0 Å². The van der Waals surface area contributed by atoms with Crippen molar-refractivity contribution in [3.63, 3.8) is 0 Å². The predicted molar refractivity (Wildman–Crippen MR) is 89.5 cm³/mol. The van der Waals surface area contributed by atoms with Gasteiger partial charge in [0.15, 0.2) is 0 Å². The highest BCUT2D eigenvalue weighted by atomic mass is 19.4. The fraction of sp³-hybridized carbons (Fsp3) is 0.278. The molecular weight excluding hydrogens is 365 g/mol. The van der Waals surface area contributed by atoms with E-state index in [9.17, 15) is 22.8 Å². The first-order valence-electron chi connectivity index (χ1n) is 7.82. The molecule has 1 aromatic heterocycles. The third-order valence-corrected chi connectivity index (χ3v) is 3.67. The van der Waals surface area contributed by atoms with Gasteiger partial charge in [-0.05, 0) is 44.2 Å². The van der Waals surface area contributed by atoms with E-state index >= 15 is 0 Å². The number of carboxylic acids is 1. The van der Waals surface area contributed by atoms with Crippen LogP contribution in [-0.4, -0.2) is 28.5 Å². The van der Waals surface area contributed by atoms with Gasteiger partial charge < -0.3 is 15.2 Å².